The first-order valence-corrected chi connectivity index (χ1v) is 7.76. The van der Waals surface area contributed by atoms with Gasteiger partial charge in [-0.15, -0.1) is 0 Å². The molecule has 2 rings (SSSR count). The average Bonchev–Trinajstić information content (AvgIpc) is 2.60. The highest BCUT2D eigenvalue weighted by molar-refractivity contribution is 5.85. The van der Waals surface area contributed by atoms with E-state index >= 15 is 0 Å². The Bertz CT molecular complexity index is 748. The Morgan fingerprint density at radius 2 is 1.80 bits per heavy atom. The van der Waals surface area contributed by atoms with Crippen LogP contribution in [0.15, 0.2) is 48.5 Å². The second kappa shape index (κ2) is 8.82. The number of benzene rings is 2. The van der Waals surface area contributed by atoms with Crippen LogP contribution in [0.2, 0.25) is 0 Å². The number of amides is 1. The molecule has 0 heterocycles. The van der Waals surface area contributed by atoms with Crippen LogP contribution in [0.4, 0.5) is 4.39 Å². The van der Waals surface area contributed by atoms with Gasteiger partial charge in [0.15, 0.2) is 0 Å². The van der Waals surface area contributed by atoms with Crippen molar-refractivity contribution in [1.82, 2.24) is 5.32 Å². The Morgan fingerprint density at radius 1 is 1.08 bits per heavy atom. The minimum atomic E-state index is -0.835. The number of carbonyl (C=O) groups excluding carboxylic acids is 2. The number of carbonyl (C=O) groups is 2. The van der Waals surface area contributed by atoms with E-state index in [1.165, 1.54) is 25.3 Å². The van der Waals surface area contributed by atoms with Crippen LogP contribution < -0.4 is 10.1 Å². The zero-order chi connectivity index (χ0) is 18.2. The number of hydrogen-bond acceptors (Lipinski definition) is 4. The summed E-state index contributed by atoms with van der Waals surface area (Å²) < 4.78 is 23.1. The molecule has 0 aliphatic carbocycles. The van der Waals surface area contributed by atoms with Crippen LogP contribution >= 0.6 is 0 Å². The quantitative estimate of drug-likeness (QED) is 0.782. The molecule has 6 heteroatoms. The molecule has 1 atom stereocenters. The van der Waals surface area contributed by atoms with E-state index in [9.17, 15) is 14.0 Å². The van der Waals surface area contributed by atoms with Gasteiger partial charge in [0.25, 0.3) is 0 Å². The molecule has 2 aromatic rings. The third kappa shape index (κ3) is 5.60. The fourth-order valence-electron chi connectivity index (χ4n) is 2.45. The van der Waals surface area contributed by atoms with Crippen molar-refractivity contribution < 1.29 is 23.5 Å². The zero-order valence-corrected chi connectivity index (χ0v) is 14.1. The van der Waals surface area contributed by atoms with Crippen molar-refractivity contribution in [3.05, 3.63) is 65.5 Å². The van der Waals surface area contributed by atoms with Gasteiger partial charge in [-0.25, -0.2) is 9.18 Å². The number of nitrogens with one attached hydrogen (secondary N) is 1. The van der Waals surface area contributed by atoms with Gasteiger partial charge >= 0.3 is 5.97 Å². The highest BCUT2D eigenvalue weighted by Crippen LogP contribution is 2.14. The lowest BCUT2D eigenvalue weighted by molar-refractivity contribution is -0.145. The number of halogens is 1. The van der Waals surface area contributed by atoms with Crippen LogP contribution in [0.25, 0.3) is 0 Å². The van der Waals surface area contributed by atoms with Crippen LogP contribution in [0.3, 0.4) is 0 Å². The molecule has 0 unspecified atom stereocenters. The van der Waals surface area contributed by atoms with E-state index in [2.05, 4.69) is 5.32 Å². The Labute approximate surface area is 145 Å². The van der Waals surface area contributed by atoms with Crippen molar-refractivity contribution in [3.63, 3.8) is 0 Å². The first kappa shape index (κ1) is 18.4. The fraction of sp³-hybridized carbons (Fsp3) is 0.263. The summed E-state index contributed by atoms with van der Waals surface area (Å²) in [7, 11) is 2.82. The van der Waals surface area contributed by atoms with Crippen molar-refractivity contribution in [2.24, 2.45) is 0 Å². The van der Waals surface area contributed by atoms with Crippen LogP contribution in [-0.2, 0) is 27.2 Å². The molecule has 132 valence electrons. The van der Waals surface area contributed by atoms with Gasteiger partial charge in [-0.05, 0) is 35.4 Å². The monoisotopic (exact) mass is 345 g/mol. The third-order valence-electron chi connectivity index (χ3n) is 3.65. The van der Waals surface area contributed by atoms with Gasteiger partial charge in [0.2, 0.25) is 5.91 Å². The third-order valence-corrected chi connectivity index (χ3v) is 3.65. The van der Waals surface area contributed by atoms with E-state index in [0.717, 1.165) is 5.56 Å². The first-order valence-electron chi connectivity index (χ1n) is 7.76. The lowest BCUT2D eigenvalue weighted by Crippen LogP contribution is -2.43. The molecule has 5 nitrogen and oxygen atoms in total. The van der Waals surface area contributed by atoms with E-state index in [1.807, 2.05) is 6.07 Å². The highest BCUT2D eigenvalue weighted by atomic mass is 19.1. The minimum Gasteiger partial charge on any atom is -0.497 e. The molecule has 0 radical (unpaired) electrons. The second-order valence-corrected chi connectivity index (χ2v) is 5.51. The van der Waals surface area contributed by atoms with Gasteiger partial charge in [-0.2, -0.15) is 0 Å². The SMILES string of the molecule is COC(=O)[C@@H](Cc1cccc(OC)c1)NC(=O)Cc1cccc(F)c1. The van der Waals surface area contributed by atoms with Gasteiger partial charge in [-0.3, -0.25) is 4.79 Å². The second-order valence-electron chi connectivity index (χ2n) is 5.51. The number of methoxy groups -OCH3 is 2. The van der Waals surface area contributed by atoms with E-state index in [-0.39, 0.29) is 18.7 Å². The molecule has 25 heavy (non-hydrogen) atoms. The minimum absolute atomic E-state index is 0.0244. The van der Waals surface area contributed by atoms with Crippen LogP contribution in [0.1, 0.15) is 11.1 Å². The number of rotatable bonds is 7. The summed E-state index contributed by atoms with van der Waals surface area (Å²) in [6.07, 6.45) is 0.238. The summed E-state index contributed by atoms with van der Waals surface area (Å²) in [6.45, 7) is 0. The maximum atomic E-state index is 13.2. The summed E-state index contributed by atoms with van der Waals surface area (Å²) in [4.78, 5) is 24.2. The summed E-state index contributed by atoms with van der Waals surface area (Å²) in [6, 6.07) is 12.2. The van der Waals surface area contributed by atoms with Crippen molar-refractivity contribution in [2.45, 2.75) is 18.9 Å². The first-order chi connectivity index (χ1) is 12.0. The maximum absolute atomic E-state index is 13.2. The normalized spacial score (nSPS) is 11.5. The molecule has 0 bridgehead atoms. The highest BCUT2D eigenvalue weighted by Gasteiger charge is 2.22. The molecular formula is C19H20FNO4. The molecule has 0 aliphatic rings. The molecular weight excluding hydrogens is 325 g/mol. The molecule has 0 spiro atoms. The van der Waals surface area contributed by atoms with Gasteiger partial charge in [-0.1, -0.05) is 24.3 Å². The largest absolute Gasteiger partial charge is 0.497 e. The van der Waals surface area contributed by atoms with Crippen molar-refractivity contribution >= 4 is 11.9 Å². The smallest absolute Gasteiger partial charge is 0.328 e. The van der Waals surface area contributed by atoms with Gasteiger partial charge < -0.3 is 14.8 Å². The molecule has 1 amide bonds. The number of hydrogen-bond donors (Lipinski definition) is 1. The number of esters is 1. The van der Waals surface area contributed by atoms with E-state index in [4.69, 9.17) is 9.47 Å². The van der Waals surface area contributed by atoms with Crippen molar-refractivity contribution in [3.8, 4) is 5.75 Å². The molecule has 0 saturated carbocycles. The van der Waals surface area contributed by atoms with E-state index < -0.39 is 17.8 Å². The lowest BCUT2D eigenvalue weighted by atomic mass is 10.0. The lowest BCUT2D eigenvalue weighted by Gasteiger charge is -2.17. The Hall–Kier alpha value is -2.89. The molecule has 0 aliphatic heterocycles. The van der Waals surface area contributed by atoms with Crippen LogP contribution in [0, 0.1) is 5.82 Å². The summed E-state index contributed by atoms with van der Waals surface area (Å²) in [5.41, 5.74) is 1.35. The van der Waals surface area contributed by atoms with Crippen molar-refractivity contribution in [1.29, 1.82) is 0 Å². The average molecular weight is 345 g/mol. The summed E-state index contributed by atoms with van der Waals surface area (Å²) in [5.74, 6) is -0.683. The Balaban J connectivity index is 2.06. The molecule has 0 fully saturated rings. The summed E-state index contributed by atoms with van der Waals surface area (Å²) in [5, 5.41) is 2.64. The van der Waals surface area contributed by atoms with Gasteiger partial charge in [0.1, 0.15) is 17.6 Å². The molecule has 0 aromatic heterocycles. The van der Waals surface area contributed by atoms with E-state index in [1.54, 1.807) is 31.4 Å². The Kier molecular flexibility index (Phi) is 6.51. The van der Waals surface area contributed by atoms with Gasteiger partial charge in [0, 0.05) is 6.42 Å². The topological polar surface area (TPSA) is 64.6 Å². The molecule has 1 N–H and O–H groups in total. The maximum Gasteiger partial charge on any atom is 0.328 e. The van der Waals surface area contributed by atoms with Gasteiger partial charge in [0.05, 0.1) is 20.6 Å². The van der Waals surface area contributed by atoms with E-state index in [0.29, 0.717) is 11.3 Å². The predicted molar refractivity (Wildman–Crippen MR) is 90.7 cm³/mol. The van der Waals surface area contributed by atoms with Crippen LogP contribution in [0.5, 0.6) is 5.75 Å². The standard InChI is InChI=1S/C19H20FNO4/c1-24-16-8-4-6-14(10-16)11-17(19(23)25-2)21-18(22)12-13-5-3-7-15(20)9-13/h3-10,17H,11-12H2,1-2H3,(H,21,22)/t17-/m1/s1. The van der Waals surface area contributed by atoms with Crippen molar-refractivity contribution in [2.75, 3.05) is 14.2 Å². The predicted octanol–water partition coefficient (Wildman–Crippen LogP) is 2.28. The van der Waals surface area contributed by atoms with Crippen LogP contribution in [-0.4, -0.2) is 32.1 Å². The fourth-order valence-corrected chi connectivity index (χ4v) is 2.45. The zero-order valence-electron chi connectivity index (χ0n) is 14.1. The molecule has 0 saturated heterocycles. The summed E-state index contributed by atoms with van der Waals surface area (Å²) >= 11 is 0. The molecule has 2 aromatic carbocycles. The Morgan fingerprint density at radius 3 is 2.48 bits per heavy atom. The number of ether oxygens (including phenoxy) is 2.